The van der Waals surface area contributed by atoms with Crippen molar-refractivity contribution in [3.63, 3.8) is 0 Å². The van der Waals surface area contributed by atoms with E-state index >= 15 is 0 Å². The molecule has 0 saturated carbocycles. The third-order valence-corrected chi connectivity index (χ3v) is 2.25. The third-order valence-electron chi connectivity index (χ3n) is 1.46. The topological polar surface area (TPSA) is 26.3 Å². The second kappa shape index (κ2) is 5.05. The average Bonchev–Trinajstić information content (AvgIpc) is 2.06. The zero-order chi connectivity index (χ0) is 10.6. The summed E-state index contributed by atoms with van der Waals surface area (Å²) in [5, 5.41) is 0.0996. The molecule has 0 atom stereocenters. The fraction of sp³-hybridized carbons (Fsp3) is 0.364. The molecule has 0 N–H and O–H groups in total. The monoisotopic (exact) mass is 210 g/mol. The lowest BCUT2D eigenvalue weighted by Gasteiger charge is -2.09. The number of thioether (sulfide) groups is 1. The average molecular weight is 210 g/mol. The summed E-state index contributed by atoms with van der Waals surface area (Å²) in [7, 11) is 0. The van der Waals surface area contributed by atoms with Crippen LogP contribution in [-0.4, -0.2) is 11.2 Å². The van der Waals surface area contributed by atoms with E-state index in [-0.39, 0.29) is 11.2 Å². The maximum absolute atomic E-state index is 10.8. The maximum Gasteiger partial charge on any atom is 0.190 e. The zero-order valence-electron chi connectivity index (χ0n) is 8.61. The molecule has 14 heavy (non-hydrogen) atoms. The number of carbonyl (C=O) groups excluding carboxylic acids is 1. The van der Waals surface area contributed by atoms with E-state index in [0.29, 0.717) is 0 Å². The van der Waals surface area contributed by atoms with E-state index < -0.39 is 0 Å². The maximum atomic E-state index is 10.8. The molecule has 0 aliphatic heterocycles. The molecule has 0 spiro atoms. The number of hydrogen-bond donors (Lipinski definition) is 0. The molecule has 0 heterocycles. The summed E-state index contributed by atoms with van der Waals surface area (Å²) in [4.78, 5) is 11.8. The lowest BCUT2D eigenvalue weighted by Crippen LogP contribution is -2.05. The van der Waals surface area contributed by atoms with Gasteiger partial charge in [-0.25, -0.2) is 0 Å². The molecule has 0 amide bonds. The highest BCUT2D eigenvalue weighted by Crippen LogP contribution is 2.22. The van der Waals surface area contributed by atoms with Crippen LogP contribution in [0.2, 0.25) is 0 Å². The highest BCUT2D eigenvalue weighted by atomic mass is 32.2. The molecule has 0 aromatic heterocycles. The van der Waals surface area contributed by atoms with Crippen molar-refractivity contribution in [2.45, 2.75) is 31.8 Å². The summed E-state index contributed by atoms with van der Waals surface area (Å²) < 4.78 is 5.48. The second-order valence-corrected chi connectivity index (χ2v) is 4.48. The molecule has 1 aromatic rings. The number of hydrogen-bond acceptors (Lipinski definition) is 3. The molecule has 0 radical (unpaired) electrons. The first-order valence-corrected chi connectivity index (χ1v) is 5.34. The lowest BCUT2D eigenvalue weighted by molar-refractivity contribution is -0.109. The van der Waals surface area contributed by atoms with Gasteiger partial charge in [0.1, 0.15) is 5.75 Å². The van der Waals surface area contributed by atoms with Gasteiger partial charge in [0.2, 0.25) is 0 Å². The molecule has 76 valence electrons. The van der Waals surface area contributed by atoms with Crippen molar-refractivity contribution in [3.8, 4) is 5.75 Å². The van der Waals surface area contributed by atoms with Crippen LogP contribution in [-0.2, 0) is 4.79 Å². The summed E-state index contributed by atoms with van der Waals surface area (Å²) in [5.74, 6) is 0.841. The van der Waals surface area contributed by atoms with Crippen molar-refractivity contribution in [2.24, 2.45) is 0 Å². The van der Waals surface area contributed by atoms with Crippen LogP contribution < -0.4 is 4.74 Å². The van der Waals surface area contributed by atoms with Crippen molar-refractivity contribution < 1.29 is 9.53 Å². The van der Waals surface area contributed by atoms with Gasteiger partial charge in [0.25, 0.3) is 0 Å². The molecule has 3 heteroatoms. The van der Waals surface area contributed by atoms with Crippen LogP contribution in [0.1, 0.15) is 20.8 Å². The SMILES string of the molecule is CC(=O)Sc1ccc(OC(C)C)cc1. The Balaban J connectivity index is 2.63. The molecule has 0 aliphatic carbocycles. The predicted octanol–water partition coefficient (Wildman–Crippen LogP) is 3.11. The summed E-state index contributed by atoms with van der Waals surface area (Å²) in [6.45, 7) is 5.53. The largest absolute Gasteiger partial charge is 0.491 e. The summed E-state index contributed by atoms with van der Waals surface area (Å²) >= 11 is 1.23. The molecule has 0 aliphatic rings. The van der Waals surface area contributed by atoms with E-state index in [0.717, 1.165) is 10.6 Å². The van der Waals surface area contributed by atoms with Crippen LogP contribution in [0.3, 0.4) is 0 Å². The van der Waals surface area contributed by atoms with Gasteiger partial charge in [-0.1, -0.05) is 11.8 Å². The van der Waals surface area contributed by atoms with E-state index in [9.17, 15) is 4.79 Å². The summed E-state index contributed by atoms with van der Waals surface area (Å²) in [5.41, 5.74) is 0. The van der Waals surface area contributed by atoms with Gasteiger partial charge in [0, 0.05) is 11.8 Å². The molecule has 1 aromatic carbocycles. The fourth-order valence-electron chi connectivity index (χ4n) is 1.02. The minimum Gasteiger partial charge on any atom is -0.491 e. The Kier molecular flexibility index (Phi) is 4.01. The Morgan fingerprint density at radius 2 is 1.86 bits per heavy atom. The highest BCUT2D eigenvalue weighted by Gasteiger charge is 2.00. The molecule has 2 nitrogen and oxygen atoms in total. The van der Waals surface area contributed by atoms with Crippen molar-refractivity contribution in [2.75, 3.05) is 0 Å². The van der Waals surface area contributed by atoms with Gasteiger partial charge in [-0.15, -0.1) is 0 Å². The Morgan fingerprint density at radius 1 is 1.29 bits per heavy atom. The molecule has 1 rings (SSSR count). The van der Waals surface area contributed by atoms with Gasteiger partial charge < -0.3 is 4.74 Å². The molecule has 0 unspecified atom stereocenters. The van der Waals surface area contributed by atoms with Crippen LogP contribution in [0.15, 0.2) is 29.2 Å². The van der Waals surface area contributed by atoms with Gasteiger partial charge >= 0.3 is 0 Å². The minimum atomic E-state index is 0.0996. The van der Waals surface area contributed by atoms with E-state index in [1.54, 1.807) is 6.92 Å². The first-order valence-electron chi connectivity index (χ1n) is 4.53. The minimum absolute atomic E-state index is 0.0996. The van der Waals surface area contributed by atoms with Crippen molar-refractivity contribution in [1.29, 1.82) is 0 Å². The summed E-state index contributed by atoms with van der Waals surface area (Å²) in [6.07, 6.45) is 0.182. The number of carbonyl (C=O) groups is 1. The van der Waals surface area contributed by atoms with E-state index in [2.05, 4.69) is 0 Å². The summed E-state index contributed by atoms with van der Waals surface area (Å²) in [6, 6.07) is 7.55. The number of ether oxygens (including phenoxy) is 1. The second-order valence-electron chi connectivity index (χ2n) is 3.23. The van der Waals surface area contributed by atoms with Crippen molar-refractivity contribution in [3.05, 3.63) is 24.3 Å². The smallest absolute Gasteiger partial charge is 0.190 e. The van der Waals surface area contributed by atoms with Crippen LogP contribution in [0.5, 0.6) is 5.75 Å². The fourth-order valence-corrected chi connectivity index (χ4v) is 1.63. The van der Waals surface area contributed by atoms with Crippen LogP contribution >= 0.6 is 11.8 Å². The number of benzene rings is 1. The molecule has 0 saturated heterocycles. The highest BCUT2D eigenvalue weighted by molar-refractivity contribution is 8.13. The molecular weight excluding hydrogens is 196 g/mol. The molecule has 0 fully saturated rings. The Labute approximate surface area is 88.7 Å². The molecule has 0 bridgehead atoms. The van der Waals surface area contributed by atoms with Gasteiger partial charge in [-0.05, 0) is 38.1 Å². The molecular formula is C11H14O2S. The lowest BCUT2D eigenvalue weighted by atomic mass is 10.3. The Morgan fingerprint density at radius 3 is 2.29 bits per heavy atom. The van der Waals surface area contributed by atoms with Crippen molar-refractivity contribution >= 4 is 16.9 Å². The van der Waals surface area contributed by atoms with Gasteiger partial charge in [-0.2, -0.15) is 0 Å². The Bertz CT molecular complexity index is 304. The van der Waals surface area contributed by atoms with Crippen LogP contribution in [0, 0.1) is 0 Å². The van der Waals surface area contributed by atoms with Gasteiger partial charge in [0.15, 0.2) is 5.12 Å². The van der Waals surface area contributed by atoms with Crippen LogP contribution in [0.25, 0.3) is 0 Å². The Hall–Kier alpha value is -0.960. The van der Waals surface area contributed by atoms with Crippen LogP contribution in [0.4, 0.5) is 0 Å². The number of rotatable bonds is 3. The normalized spacial score (nSPS) is 10.3. The quantitative estimate of drug-likeness (QED) is 0.717. The van der Waals surface area contributed by atoms with Gasteiger partial charge in [-0.3, -0.25) is 4.79 Å². The standard InChI is InChI=1S/C11H14O2S/c1-8(2)13-10-4-6-11(7-5-10)14-9(3)12/h4-8H,1-3H3. The zero-order valence-corrected chi connectivity index (χ0v) is 9.43. The van der Waals surface area contributed by atoms with Crippen molar-refractivity contribution in [1.82, 2.24) is 0 Å². The first kappa shape index (κ1) is 11.1. The van der Waals surface area contributed by atoms with E-state index in [4.69, 9.17) is 4.74 Å². The van der Waals surface area contributed by atoms with E-state index in [1.165, 1.54) is 11.8 Å². The predicted molar refractivity (Wildman–Crippen MR) is 58.7 cm³/mol. The third kappa shape index (κ3) is 3.83. The van der Waals surface area contributed by atoms with E-state index in [1.807, 2.05) is 38.1 Å². The van der Waals surface area contributed by atoms with Gasteiger partial charge in [0.05, 0.1) is 6.10 Å². The first-order chi connectivity index (χ1) is 6.58.